The number of benzene rings is 1. The summed E-state index contributed by atoms with van der Waals surface area (Å²) in [7, 11) is 0. The van der Waals surface area contributed by atoms with Gasteiger partial charge in [-0.05, 0) is 57.0 Å². The molecule has 3 rings (SSSR count). The van der Waals surface area contributed by atoms with Crippen LogP contribution in [0.3, 0.4) is 0 Å². The zero-order valence-corrected chi connectivity index (χ0v) is 16.9. The molecular weight excluding hydrogens is 354 g/mol. The summed E-state index contributed by atoms with van der Waals surface area (Å²) >= 11 is 0. The minimum absolute atomic E-state index is 0.164. The van der Waals surface area contributed by atoms with Gasteiger partial charge in [0.25, 0.3) is 0 Å². The highest BCUT2D eigenvalue weighted by molar-refractivity contribution is 6.09. The maximum absolute atomic E-state index is 13.0. The summed E-state index contributed by atoms with van der Waals surface area (Å²) < 4.78 is 0. The van der Waals surface area contributed by atoms with Crippen molar-refractivity contribution in [3.8, 4) is 0 Å². The number of aryl methyl sites for hydroxylation is 2. The first-order valence-electron chi connectivity index (χ1n) is 9.49. The Morgan fingerprint density at radius 2 is 1.64 bits per heavy atom. The van der Waals surface area contributed by atoms with Gasteiger partial charge in [-0.2, -0.15) is 0 Å². The number of amides is 2. The van der Waals surface area contributed by atoms with E-state index in [9.17, 15) is 9.59 Å². The molecule has 7 nitrogen and oxygen atoms in total. The van der Waals surface area contributed by atoms with Gasteiger partial charge in [0.1, 0.15) is 5.41 Å². The van der Waals surface area contributed by atoms with E-state index >= 15 is 0 Å². The third-order valence-corrected chi connectivity index (χ3v) is 5.27. The van der Waals surface area contributed by atoms with Gasteiger partial charge in [0.15, 0.2) is 0 Å². The maximum Gasteiger partial charge on any atom is 0.239 e. The van der Waals surface area contributed by atoms with Gasteiger partial charge < -0.3 is 15.1 Å². The SMILES string of the molecule is Cc1ccc(NC(=O)C(C)(C)C(=O)N2CCN(c3ncccn3)CC2)cc1C. The second-order valence-corrected chi connectivity index (χ2v) is 7.71. The summed E-state index contributed by atoms with van der Waals surface area (Å²) in [6.45, 7) is 9.74. The number of rotatable bonds is 4. The van der Waals surface area contributed by atoms with Crippen LogP contribution < -0.4 is 10.2 Å². The molecule has 2 heterocycles. The van der Waals surface area contributed by atoms with Gasteiger partial charge in [0, 0.05) is 44.3 Å². The number of hydrogen-bond donors (Lipinski definition) is 1. The van der Waals surface area contributed by atoms with Crippen LogP contribution in [0.5, 0.6) is 0 Å². The molecule has 1 aromatic heterocycles. The Kier molecular flexibility index (Phi) is 5.63. The highest BCUT2D eigenvalue weighted by Gasteiger charge is 2.40. The van der Waals surface area contributed by atoms with Crippen molar-refractivity contribution in [1.29, 1.82) is 0 Å². The Morgan fingerprint density at radius 1 is 1.00 bits per heavy atom. The molecule has 0 bridgehead atoms. The average molecular weight is 381 g/mol. The van der Waals surface area contributed by atoms with Crippen molar-refractivity contribution in [2.75, 3.05) is 36.4 Å². The first kappa shape index (κ1) is 19.8. The third-order valence-electron chi connectivity index (χ3n) is 5.27. The van der Waals surface area contributed by atoms with E-state index in [1.165, 1.54) is 0 Å². The van der Waals surface area contributed by atoms with Crippen LogP contribution in [0.25, 0.3) is 0 Å². The largest absolute Gasteiger partial charge is 0.338 e. The van der Waals surface area contributed by atoms with E-state index in [1.54, 1.807) is 37.2 Å². The van der Waals surface area contributed by atoms with Gasteiger partial charge in [-0.25, -0.2) is 9.97 Å². The Balaban J connectivity index is 1.62. The van der Waals surface area contributed by atoms with E-state index in [0.29, 0.717) is 37.8 Å². The third kappa shape index (κ3) is 4.13. The van der Waals surface area contributed by atoms with Crippen LogP contribution in [0, 0.1) is 19.3 Å². The summed E-state index contributed by atoms with van der Waals surface area (Å²) in [5.74, 6) is 0.207. The maximum atomic E-state index is 13.0. The van der Waals surface area contributed by atoms with Gasteiger partial charge in [0.05, 0.1) is 0 Å². The lowest BCUT2D eigenvalue weighted by Crippen LogP contribution is -2.54. The van der Waals surface area contributed by atoms with Gasteiger partial charge in [0.2, 0.25) is 17.8 Å². The first-order chi connectivity index (χ1) is 13.3. The van der Waals surface area contributed by atoms with Crippen molar-refractivity contribution in [2.45, 2.75) is 27.7 Å². The summed E-state index contributed by atoms with van der Waals surface area (Å²) in [6, 6.07) is 7.52. The number of carbonyl (C=O) groups is 2. The van der Waals surface area contributed by atoms with E-state index in [2.05, 4.69) is 15.3 Å². The fourth-order valence-corrected chi connectivity index (χ4v) is 3.16. The van der Waals surface area contributed by atoms with Crippen molar-refractivity contribution < 1.29 is 9.59 Å². The van der Waals surface area contributed by atoms with Crippen LogP contribution >= 0.6 is 0 Å². The van der Waals surface area contributed by atoms with E-state index < -0.39 is 5.41 Å². The van der Waals surface area contributed by atoms with E-state index in [4.69, 9.17) is 0 Å². The van der Waals surface area contributed by atoms with E-state index in [1.807, 2.05) is 36.9 Å². The molecule has 0 unspecified atom stereocenters. The molecule has 7 heteroatoms. The molecule has 1 aliphatic heterocycles. The number of aromatic nitrogens is 2. The van der Waals surface area contributed by atoms with Crippen LogP contribution in [-0.4, -0.2) is 52.9 Å². The molecule has 1 saturated heterocycles. The number of piperazine rings is 1. The molecule has 1 N–H and O–H groups in total. The molecule has 0 atom stereocenters. The van der Waals surface area contributed by atoms with Gasteiger partial charge in [-0.3, -0.25) is 9.59 Å². The summed E-state index contributed by atoms with van der Waals surface area (Å²) in [6.07, 6.45) is 3.42. The highest BCUT2D eigenvalue weighted by atomic mass is 16.2. The molecule has 28 heavy (non-hydrogen) atoms. The van der Waals surface area contributed by atoms with Crippen molar-refractivity contribution in [3.63, 3.8) is 0 Å². The molecular formula is C21H27N5O2. The number of carbonyl (C=O) groups excluding carboxylic acids is 2. The molecule has 0 radical (unpaired) electrons. The van der Waals surface area contributed by atoms with Crippen molar-refractivity contribution >= 4 is 23.5 Å². The number of anilines is 2. The van der Waals surface area contributed by atoms with Crippen LogP contribution in [0.4, 0.5) is 11.6 Å². The van der Waals surface area contributed by atoms with E-state index in [-0.39, 0.29) is 11.8 Å². The molecule has 0 spiro atoms. The normalized spacial score (nSPS) is 14.7. The lowest BCUT2D eigenvalue weighted by atomic mass is 9.89. The molecule has 1 aliphatic rings. The smallest absolute Gasteiger partial charge is 0.239 e. The summed E-state index contributed by atoms with van der Waals surface area (Å²) in [5.41, 5.74) is 1.82. The quantitative estimate of drug-likeness (QED) is 0.823. The van der Waals surface area contributed by atoms with Crippen molar-refractivity contribution in [3.05, 3.63) is 47.8 Å². The second-order valence-electron chi connectivity index (χ2n) is 7.71. The molecule has 1 aromatic carbocycles. The Bertz CT molecular complexity index is 858. The Morgan fingerprint density at radius 3 is 2.25 bits per heavy atom. The lowest BCUT2D eigenvalue weighted by molar-refractivity contribution is -0.146. The number of nitrogens with zero attached hydrogens (tertiary/aromatic N) is 4. The highest BCUT2D eigenvalue weighted by Crippen LogP contribution is 2.24. The predicted molar refractivity (Wildman–Crippen MR) is 109 cm³/mol. The molecule has 0 saturated carbocycles. The van der Waals surface area contributed by atoms with Gasteiger partial charge >= 0.3 is 0 Å². The minimum atomic E-state index is -1.15. The number of hydrogen-bond acceptors (Lipinski definition) is 5. The summed E-state index contributed by atoms with van der Waals surface area (Å²) in [5, 5.41) is 2.89. The molecule has 2 amide bonds. The molecule has 2 aromatic rings. The molecule has 0 aliphatic carbocycles. The zero-order chi connectivity index (χ0) is 20.3. The zero-order valence-electron chi connectivity index (χ0n) is 16.9. The van der Waals surface area contributed by atoms with Crippen molar-refractivity contribution in [2.24, 2.45) is 5.41 Å². The fourth-order valence-electron chi connectivity index (χ4n) is 3.16. The Hall–Kier alpha value is -2.96. The van der Waals surface area contributed by atoms with Crippen LogP contribution in [0.15, 0.2) is 36.7 Å². The monoisotopic (exact) mass is 381 g/mol. The molecule has 1 fully saturated rings. The second kappa shape index (κ2) is 7.96. The topological polar surface area (TPSA) is 78.4 Å². The first-order valence-corrected chi connectivity index (χ1v) is 9.49. The fraction of sp³-hybridized carbons (Fsp3) is 0.429. The number of nitrogens with one attached hydrogen (secondary N) is 1. The van der Waals surface area contributed by atoms with Crippen LogP contribution in [-0.2, 0) is 9.59 Å². The Labute approximate surface area is 165 Å². The average Bonchev–Trinajstić information content (AvgIpc) is 2.71. The van der Waals surface area contributed by atoms with Gasteiger partial charge in [-0.15, -0.1) is 0 Å². The predicted octanol–water partition coefficient (Wildman–Crippen LogP) is 2.41. The van der Waals surface area contributed by atoms with Crippen LogP contribution in [0.1, 0.15) is 25.0 Å². The summed E-state index contributed by atoms with van der Waals surface area (Å²) in [4.78, 5) is 38.2. The van der Waals surface area contributed by atoms with E-state index in [0.717, 1.165) is 11.1 Å². The minimum Gasteiger partial charge on any atom is -0.338 e. The molecule has 148 valence electrons. The lowest BCUT2D eigenvalue weighted by Gasteiger charge is -2.38. The van der Waals surface area contributed by atoms with Crippen LogP contribution in [0.2, 0.25) is 0 Å². The van der Waals surface area contributed by atoms with Crippen molar-refractivity contribution in [1.82, 2.24) is 14.9 Å². The van der Waals surface area contributed by atoms with Gasteiger partial charge in [-0.1, -0.05) is 6.07 Å². The standard InChI is InChI=1S/C21H27N5O2/c1-15-6-7-17(14-16(15)2)24-18(27)21(3,4)19(28)25-10-12-26(13-11-25)20-22-8-5-9-23-20/h5-9,14H,10-13H2,1-4H3,(H,24,27).